The molecule has 1 atom stereocenters. The Morgan fingerprint density at radius 1 is 1.11 bits per heavy atom. The van der Waals surface area contributed by atoms with Crippen LogP contribution in [0.4, 0.5) is 0 Å². The SMILES string of the molecule is O=S(=O)(NC1CCNC1)c1cccc2ccccc12. The second kappa shape index (κ2) is 4.92. The van der Waals surface area contributed by atoms with Gasteiger partial charge in [-0.3, -0.25) is 0 Å². The summed E-state index contributed by atoms with van der Waals surface area (Å²) in [6, 6.07) is 12.9. The maximum atomic E-state index is 12.5. The Morgan fingerprint density at radius 2 is 1.89 bits per heavy atom. The van der Waals surface area contributed by atoms with Gasteiger partial charge in [-0.25, -0.2) is 13.1 Å². The lowest BCUT2D eigenvalue weighted by molar-refractivity contribution is 0.561. The summed E-state index contributed by atoms with van der Waals surface area (Å²) in [7, 11) is -3.46. The fourth-order valence-electron chi connectivity index (χ4n) is 2.47. The van der Waals surface area contributed by atoms with Crippen molar-refractivity contribution in [3.63, 3.8) is 0 Å². The van der Waals surface area contributed by atoms with Gasteiger partial charge in [0.25, 0.3) is 0 Å². The van der Waals surface area contributed by atoms with Crippen LogP contribution in [0, 0.1) is 0 Å². The number of nitrogens with one attached hydrogen (secondary N) is 2. The molecule has 0 amide bonds. The maximum Gasteiger partial charge on any atom is 0.241 e. The van der Waals surface area contributed by atoms with E-state index in [0.29, 0.717) is 11.4 Å². The molecule has 100 valence electrons. The first-order valence-electron chi connectivity index (χ1n) is 6.38. The third-order valence-electron chi connectivity index (χ3n) is 3.42. The first kappa shape index (κ1) is 12.6. The van der Waals surface area contributed by atoms with Gasteiger partial charge in [-0.2, -0.15) is 0 Å². The van der Waals surface area contributed by atoms with Crippen LogP contribution in [0.1, 0.15) is 6.42 Å². The molecule has 5 heteroatoms. The average molecular weight is 276 g/mol. The van der Waals surface area contributed by atoms with Crippen LogP contribution in [0.5, 0.6) is 0 Å². The lowest BCUT2D eigenvalue weighted by atomic mass is 10.1. The predicted molar refractivity (Wildman–Crippen MR) is 75.5 cm³/mol. The lowest BCUT2D eigenvalue weighted by Gasteiger charge is -2.13. The molecule has 2 N–H and O–H groups in total. The molecule has 0 aromatic heterocycles. The summed E-state index contributed by atoms with van der Waals surface area (Å²) in [5, 5.41) is 4.86. The Kier molecular flexibility index (Phi) is 3.26. The van der Waals surface area contributed by atoms with Gasteiger partial charge in [0.2, 0.25) is 10.0 Å². The van der Waals surface area contributed by atoms with Crippen LogP contribution < -0.4 is 10.0 Å². The first-order valence-corrected chi connectivity index (χ1v) is 7.86. The maximum absolute atomic E-state index is 12.5. The fourth-order valence-corrected chi connectivity index (χ4v) is 3.97. The van der Waals surface area contributed by atoms with Crippen LogP contribution in [0.2, 0.25) is 0 Å². The van der Waals surface area contributed by atoms with Gasteiger partial charge in [-0.05, 0) is 24.4 Å². The Morgan fingerprint density at radius 3 is 2.68 bits per heavy atom. The van der Waals surface area contributed by atoms with Gasteiger partial charge >= 0.3 is 0 Å². The van der Waals surface area contributed by atoms with Crippen molar-refractivity contribution in [1.82, 2.24) is 10.0 Å². The molecule has 2 aromatic rings. The summed E-state index contributed by atoms with van der Waals surface area (Å²) in [5.41, 5.74) is 0. The van der Waals surface area contributed by atoms with Crippen LogP contribution in [0.15, 0.2) is 47.4 Å². The van der Waals surface area contributed by atoms with Gasteiger partial charge in [-0.1, -0.05) is 36.4 Å². The monoisotopic (exact) mass is 276 g/mol. The molecule has 0 aliphatic carbocycles. The van der Waals surface area contributed by atoms with Crippen molar-refractivity contribution < 1.29 is 8.42 Å². The van der Waals surface area contributed by atoms with Gasteiger partial charge in [0.15, 0.2) is 0 Å². The highest BCUT2D eigenvalue weighted by Gasteiger charge is 2.23. The second-order valence-electron chi connectivity index (χ2n) is 4.79. The zero-order valence-electron chi connectivity index (χ0n) is 10.5. The molecular formula is C14H16N2O2S. The standard InChI is InChI=1S/C14H16N2O2S/c17-19(18,16-12-8-9-15-10-12)14-7-3-5-11-4-1-2-6-13(11)14/h1-7,12,15-16H,8-10H2. The van der Waals surface area contributed by atoms with Crippen molar-refractivity contribution in [2.45, 2.75) is 17.4 Å². The molecule has 0 spiro atoms. The third kappa shape index (κ3) is 2.49. The fraction of sp³-hybridized carbons (Fsp3) is 0.286. The molecule has 1 fully saturated rings. The van der Waals surface area contributed by atoms with E-state index >= 15 is 0 Å². The number of rotatable bonds is 3. The number of benzene rings is 2. The molecule has 1 aliphatic heterocycles. The molecule has 0 bridgehead atoms. The quantitative estimate of drug-likeness (QED) is 0.893. The molecule has 1 heterocycles. The van der Waals surface area contributed by atoms with Crippen LogP contribution in [0.3, 0.4) is 0 Å². The molecule has 1 saturated heterocycles. The summed E-state index contributed by atoms with van der Waals surface area (Å²) < 4.78 is 27.7. The molecule has 3 rings (SSSR count). The summed E-state index contributed by atoms with van der Waals surface area (Å²) in [6.45, 7) is 1.56. The highest BCUT2D eigenvalue weighted by atomic mass is 32.2. The second-order valence-corrected chi connectivity index (χ2v) is 6.47. The van der Waals surface area contributed by atoms with E-state index in [-0.39, 0.29) is 6.04 Å². The topological polar surface area (TPSA) is 58.2 Å². The zero-order chi connectivity index (χ0) is 13.3. The largest absolute Gasteiger partial charge is 0.315 e. The molecule has 1 aliphatic rings. The number of hydrogen-bond donors (Lipinski definition) is 2. The zero-order valence-corrected chi connectivity index (χ0v) is 11.3. The Hall–Kier alpha value is -1.43. The lowest BCUT2D eigenvalue weighted by Crippen LogP contribution is -2.36. The summed E-state index contributed by atoms with van der Waals surface area (Å²) in [6.07, 6.45) is 0.837. The van der Waals surface area contributed by atoms with E-state index in [2.05, 4.69) is 10.0 Å². The van der Waals surface area contributed by atoms with Gasteiger partial charge in [0, 0.05) is 18.0 Å². The van der Waals surface area contributed by atoms with Crippen molar-refractivity contribution in [1.29, 1.82) is 0 Å². The summed E-state index contributed by atoms with van der Waals surface area (Å²) >= 11 is 0. The number of hydrogen-bond acceptors (Lipinski definition) is 3. The van der Waals surface area contributed by atoms with Gasteiger partial charge in [-0.15, -0.1) is 0 Å². The third-order valence-corrected chi connectivity index (χ3v) is 5.00. The van der Waals surface area contributed by atoms with E-state index in [9.17, 15) is 8.42 Å². The minimum atomic E-state index is -3.46. The molecule has 19 heavy (non-hydrogen) atoms. The summed E-state index contributed by atoms with van der Waals surface area (Å²) in [5.74, 6) is 0. The molecular weight excluding hydrogens is 260 g/mol. The minimum Gasteiger partial charge on any atom is -0.315 e. The van der Waals surface area contributed by atoms with Crippen LogP contribution >= 0.6 is 0 Å². The van der Waals surface area contributed by atoms with Gasteiger partial charge in [0.1, 0.15) is 0 Å². The van der Waals surface area contributed by atoms with Crippen molar-refractivity contribution >= 4 is 20.8 Å². The van der Waals surface area contributed by atoms with Crippen molar-refractivity contribution in [3.05, 3.63) is 42.5 Å². The van der Waals surface area contributed by atoms with E-state index < -0.39 is 10.0 Å². The van der Waals surface area contributed by atoms with Crippen molar-refractivity contribution in [2.75, 3.05) is 13.1 Å². The van der Waals surface area contributed by atoms with Crippen LogP contribution in [0.25, 0.3) is 10.8 Å². The van der Waals surface area contributed by atoms with E-state index in [0.717, 1.165) is 23.7 Å². The summed E-state index contributed by atoms with van der Waals surface area (Å²) in [4.78, 5) is 0.359. The number of fused-ring (bicyclic) bond motifs is 1. The minimum absolute atomic E-state index is 0.0102. The highest BCUT2D eigenvalue weighted by molar-refractivity contribution is 7.89. The number of sulfonamides is 1. The Labute approximate surface area is 112 Å². The van der Waals surface area contributed by atoms with Gasteiger partial charge in [0.05, 0.1) is 4.90 Å². The van der Waals surface area contributed by atoms with Crippen molar-refractivity contribution in [2.24, 2.45) is 0 Å². The first-order chi connectivity index (χ1) is 9.17. The van der Waals surface area contributed by atoms with Gasteiger partial charge < -0.3 is 5.32 Å². The van der Waals surface area contributed by atoms with E-state index in [1.807, 2.05) is 30.3 Å². The normalized spacial score (nSPS) is 19.9. The van der Waals surface area contributed by atoms with E-state index in [4.69, 9.17) is 0 Å². The molecule has 1 unspecified atom stereocenters. The molecule has 0 saturated carbocycles. The highest BCUT2D eigenvalue weighted by Crippen LogP contribution is 2.23. The molecule has 4 nitrogen and oxygen atoms in total. The van der Waals surface area contributed by atoms with Crippen LogP contribution in [-0.2, 0) is 10.0 Å². The Bertz CT molecular complexity index is 686. The smallest absolute Gasteiger partial charge is 0.241 e. The Balaban J connectivity index is 2.02. The van der Waals surface area contributed by atoms with E-state index in [1.165, 1.54) is 0 Å². The van der Waals surface area contributed by atoms with Crippen molar-refractivity contribution in [3.8, 4) is 0 Å². The average Bonchev–Trinajstić information content (AvgIpc) is 2.90. The van der Waals surface area contributed by atoms with Crippen LogP contribution in [-0.4, -0.2) is 27.5 Å². The predicted octanol–water partition coefficient (Wildman–Crippen LogP) is 1.48. The molecule has 0 radical (unpaired) electrons. The van der Waals surface area contributed by atoms with E-state index in [1.54, 1.807) is 12.1 Å². The molecule has 2 aromatic carbocycles.